The van der Waals surface area contributed by atoms with Crippen molar-refractivity contribution in [3.05, 3.63) is 18.2 Å². The van der Waals surface area contributed by atoms with E-state index < -0.39 is 13.0 Å². The first-order valence-corrected chi connectivity index (χ1v) is 5.80. The van der Waals surface area contributed by atoms with Crippen LogP contribution >= 0.6 is 0 Å². The lowest BCUT2D eigenvalue weighted by Crippen LogP contribution is -2.32. The van der Waals surface area contributed by atoms with Gasteiger partial charge in [-0.3, -0.25) is 0 Å². The summed E-state index contributed by atoms with van der Waals surface area (Å²) >= 11 is 0. The molecule has 1 aromatic rings. The second-order valence-electron chi connectivity index (χ2n) is 3.75. The fraction of sp³-hybridized carbons (Fsp3) is 0.727. The molecule has 0 radical (unpaired) electrons. The molecule has 17 heavy (non-hydrogen) atoms. The van der Waals surface area contributed by atoms with Gasteiger partial charge in [0.1, 0.15) is 12.4 Å². The third-order valence-corrected chi connectivity index (χ3v) is 2.34. The molecule has 0 aromatic carbocycles. The molecular formula is C11H19F2N3O. The van der Waals surface area contributed by atoms with Gasteiger partial charge in [-0.1, -0.05) is 6.92 Å². The van der Waals surface area contributed by atoms with Gasteiger partial charge < -0.3 is 15.0 Å². The van der Waals surface area contributed by atoms with Crippen LogP contribution in [0.25, 0.3) is 0 Å². The predicted molar refractivity (Wildman–Crippen MR) is 61.2 cm³/mol. The van der Waals surface area contributed by atoms with E-state index in [-0.39, 0.29) is 6.04 Å². The van der Waals surface area contributed by atoms with Gasteiger partial charge in [0.25, 0.3) is 6.43 Å². The van der Waals surface area contributed by atoms with Crippen molar-refractivity contribution in [2.24, 2.45) is 0 Å². The highest BCUT2D eigenvalue weighted by molar-refractivity contribution is 4.91. The number of nitrogens with zero attached hydrogens (tertiary/aromatic N) is 1. The minimum atomic E-state index is -2.39. The molecule has 0 aliphatic rings. The van der Waals surface area contributed by atoms with E-state index >= 15 is 0 Å². The van der Waals surface area contributed by atoms with Crippen molar-refractivity contribution in [2.75, 3.05) is 19.8 Å². The molecule has 1 heterocycles. The third kappa shape index (κ3) is 6.33. The molecule has 0 aliphatic carbocycles. The van der Waals surface area contributed by atoms with E-state index in [0.717, 1.165) is 18.8 Å². The Labute approximate surface area is 99.8 Å². The van der Waals surface area contributed by atoms with Crippen LogP contribution < -0.4 is 5.32 Å². The van der Waals surface area contributed by atoms with Crippen molar-refractivity contribution < 1.29 is 13.5 Å². The lowest BCUT2D eigenvalue weighted by Gasteiger charge is -2.16. The van der Waals surface area contributed by atoms with E-state index in [1.807, 2.05) is 6.92 Å². The Balaban J connectivity index is 2.23. The number of hydrogen-bond donors (Lipinski definition) is 2. The van der Waals surface area contributed by atoms with E-state index in [9.17, 15) is 8.78 Å². The van der Waals surface area contributed by atoms with Crippen molar-refractivity contribution in [1.82, 2.24) is 15.3 Å². The van der Waals surface area contributed by atoms with E-state index in [4.69, 9.17) is 4.74 Å². The maximum Gasteiger partial charge on any atom is 0.261 e. The number of nitrogens with one attached hydrogen (secondary N) is 2. The zero-order valence-electron chi connectivity index (χ0n) is 9.96. The van der Waals surface area contributed by atoms with Gasteiger partial charge in [0.2, 0.25) is 0 Å². The molecule has 0 amide bonds. The zero-order valence-corrected chi connectivity index (χ0v) is 9.96. The maximum atomic E-state index is 11.9. The first-order valence-electron chi connectivity index (χ1n) is 5.80. The number of H-pyrrole nitrogens is 1. The number of aromatic nitrogens is 2. The van der Waals surface area contributed by atoms with Gasteiger partial charge in [-0.2, -0.15) is 0 Å². The summed E-state index contributed by atoms with van der Waals surface area (Å²) < 4.78 is 28.6. The molecule has 2 N–H and O–H groups in total. The normalized spacial score (nSPS) is 13.2. The standard InChI is InChI=1S/C11H19F2N3O/c1-2-14-9(3-6-17-8-10(12)13)7-11-15-4-5-16-11/h4-5,9-10,14H,2-3,6-8H2,1H3,(H,15,16). The van der Waals surface area contributed by atoms with Gasteiger partial charge in [-0.05, 0) is 13.0 Å². The van der Waals surface area contributed by atoms with Gasteiger partial charge in [-0.25, -0.2) is 13.8 Å². The number of halogens is 2. The predicted octanol–water partition coefficient (Wildman–Crippen LogP) is 1.60. The van der Waals surface area contributed by atoms with Gasteiger partial charge in [-0.15, -0.1) is 0 Å². The molecule has 4 nitrogen and oxygen atoms in total. The number of rotatable bonds is 9. The monoisotopic (exact) mass is 247 g/mol. The number of aromatic amines is 1. The SMILES string of the molecule is CCNC(CCOCC(F)F)Cc1ncc[nH]1. The van der Waals surface area contributed by atoms with Crippen LogP contribution in [0.2, 0.25) is 0 Å². The summed E-state index contributed by atoms with van der Waals surface area (Å²) in [4.78, 5) is 7.16. The summed E-state index contributed by atoms with van der Waals surface area (Å²) in [7, 11) is 0. The summed E-state index contributed by atoms with van der Waals surface area (Å²) in [6, 6.07) is 0.198. The Hall–Kier alpha value is -1.01. The Morgan fingerprint density at radius 3 is 2.94 bits per heavy atom. The second kappa shape index (κ2) is 8.14. The zero-order chi connectivity index (χ0) is 12.5. The summed E-state index contributed by atoms with van der Waals surface area (Å²) in [5.74, 6) is 0.893. The van der Waals surface area contributed by atoms with Crippen molar-refractivity contribution in [3.63, 3.8) is 0 Å². The Bertz CT molecular complexity index is 280. The summed E-state index contributed by atoms with van der Waals surface area (Å²) in [5, 5.41) is 3.28. The first kappa shape index (κ1) is 14.1. The largest absolute Gasteiger partial charge is 0.375 e. The smallest absolute Gasteiger partial charge is 0.261 e. The highest BCUT2D eigenvalue weighted by Crippen LogP contribution is 2.02. The lowest BCUT2D eigenvalue weighted by molar-refractivity contribution is 0.0144. The quantitative estimate of drug-likeness (QED) is 0.652. The van der Waals surface area contributed by atoms with Crippen LogP contribution in [0.4, 0.5) is 8.78 Å². The summed E-state index contributed by atoms with van der Waals surface area (Å²) in [5.41, 5.74) is 0. The molecule has 6 heteroatoms. The molecule has 1 atom stereocenters. The highest BCUT2D eigenvalue weighted by atomic mass is 19.3. The fourth-order valence-electron chi connectivity index (χ4n) is 1.61. The minimum absolute atomic E-state index is 0.198. The molecule has 98 valence electrons. The number of ether oxygens (including phenoxy) is 1. The summed E-state index contributed by atoms with van der Waals surface area (Å²) in [6.45, 7) is 2.69. The van der Waals surface area contributed by atoms with Crippen LogP contribution in [-0.4, -0.2) is 42.2 Å². The van der Waals surface area contributed by atoms with Crippen LogP contribution in [0.1, 0.15) is 19.2 Å². The molecule has 1 unspecified atom stereocenters. The average molecular weight is 247 g/mol. The van der Waals surface area contributed by atoms with Gasteiger partial charge >= 0.3 is 0 Å². The molecule has 0 spiro atoms. The number of imidazole rings is 1. The van der Waals surface area contributed by atoms with Crippen LogP contribution in [0.5, 0.6) is 0 Å². The Morgan fingerprint density at radius 1 is 1.53 bits per heavy atom. The minimum Gasteiger partial charge on any atom is -0.375 e. The summed E-state index contributed by atoms with van der Waals surface area (Å²) in [6.07, 6.45) is 2.52. The molecular weight excluding hydrogens is 228 g/mol. The van der Waals surface area contributed by atoms with Crippen LogP contribution in [0, 0.1) is 0 Å². The fourth-order valence-corrected chi connectivity index (χ4v) is 1.61. The van der Waals surface area contributed by atoms with Gasteiger partial charge in [0.05, 0.1) is 0 Å². The second-order valence-corrected chi connectivity index (χ2v) is 3.75. The Kier molecular flexibility index (Phi) is 6.73. The molecule has 1 aromatic heterocycles. The molecule has 0 bridgehead atoms. The van der Waals surface area contributed by atoms with Crippen molar-refractivity contribution >= 4 is 0 Å². The van der Waals surface area contributed by atoms with E-state index in [2.05, 4.69) is 15.3 Å². The van der Waals surface area contributed by atoms with Crippen molar-refractivity contribution in [1.29, 1.82) is 0 Å². The molecule has 1 rings (SSSR count). The maximum absolute atomic E-state index is 11.9. The van der Waals surface area contributed by atoms with Crippen molar-refractivity contribution in [3.8, 4) is 0 Å². The van der Waals surface area contributed by atoms with Gasteiger partial charge in [0, 0.05) is 31.5 Å². The van der Waals surface area contributed by atoms with E-state index in [0.29, 0.717) is 13.0 Å². The average Bonchev–Trinajstić information content (AvgIpc) is 2.77. The van der Waals surface area contributed by atoms with Crippen LogP contribution in [0.15, 0.2) is 12.4 Å². The topological polar surface area (TPSA) is 49.9 Å². The van der Waals surface area contributed by atoms with Crippen molar-refractivity contribution in [2.45, 2.75) is 32.2 Å². The number of hydrogen-bond acceptors (Lipinski definition) is 3. The van der Waals surface area contributed by atoms with E-state index in [1.165, 1.54) is 0 Å². The first-order chi connectivity index (χ1) is 8.22. The highest BCUT2D eigenvalue weighted by Gasteiger charge is 2.10. The van der Waals surface area contributed by atoms with E-state index in [1.54, 1.807) is 12.4 Å². The lowest BCUT2D eigenvalue weighted by atomic mass is 10.1. The number of alkyl halides is 2. The van der Waals surface area contributed by atoms with Crippen LogP contribution in [-0.2, 0) is 11.2 Å². The molecule has 0 fully saturated rings. The Morgan fingerprint density at radius 2 is 2.35 bits per heavy atom. The number of likely N-dealkylation sites (N-methyl/N-ethyl adjacent to an activating group) is 1. The van der Waals surface area contributed by atoms with Crippen LogP contribution in [0.3, 0.4) is 0 Å². The third-order valence-electron chi connectivity index (χ3n) is 2.34. The molecule has 0 aliphatic heterocycles. The van der Waals surface area contributed by atoms with Gasteiger partial charge in [0.15, 0.2) is 0 Å². The molecule has 0 saturated heterocycles. The molecule has 0 saturated carbocycles.